The van der Waals surface area contributed by atoms with Crippen LogP contribution >= 0.6 is 15.9 Å². The van der Waals surface area contributed by atoms with Crippen molar-refractivity contribution in [2.45, 2.75) is 19.8 Å². The van der Waals surface area contributed by atoms with Gasteiger partial charge in [0.1, 0.15) is 5.75 Å². The molecule has 0 spiro atoms. The van der Waals surface area contributed by atoms with Crippen molar-refractivity contribution in [3.63, 3.8) is 0 Å². The number of Topliss-reactive ketones (excluding diaryl/α,β-unsaturated/α-hetero) is 1. The van der Waals surface area contributed by atoms with Crippen molar-refractivity contribution in [2.24, 2.45) is 0 Å². The predicted molar refractivity (Wildman–Crippen MR) is 72.6 cm³/mol. The fraction of sp³-hybridized carbons (Fsp3) is 0.462. The maximum absolute atomic E-state index is 11.6. The molecule has 1 rings (SSSR count). The second-order valence-electron chi connectivity index (χ2n) is 3.86. The molecule has 0 aliphatic rings. The van der Waals surface area contributed by atoms with Crippen molar-refractivity contribution in [2.75, 3.05) is 20.2 Å². The molecule has 3 nitrogen and oxygen atoms in total. The van der Waals surface area contributed by atoms with Crippen molar-refractivity contribution in [1.29, 1.82) is 0 Å². The maximum Gasteiger partial charge on any atom is 0.150 e. The molecule has 0 unspecified atom stereocenters. The Labute approximate surface area is 111 Å². The second-order valence-corrected chi connectivity index (χ2v) is 4.72. The number of rotatable bonds is 7. The van der Waals surface area contributed by atoms with E-state index in [1.807, 2.05) is 18.2 Å². The quantitative estimate of drug-likeness (QED) is 0.787. The van der Waals surface area contributed by atoms with Crippen molar-refractivity contribution in [1.82, 2.24) is 5.32 Å². The van der Waals surface area contributed by atoms with Crippen LogP contribution in [0.4, 0.5) is 0 Å². The highest BCUT2D eigenvalue weighted by Gasteiger charge is 2.06. The first kappa shape index (κ1) is 14.2. The first-order valence-corrected chi connectivity index (χ1v) is 6.51. The van der Waals surface area contributed by atoms with Crippen molar-refractivity contribution >= 4 is 21.7 Å². The lowest BCUT2D eigenvalue weighted by Gasteiger charge is -2.06. The number of ketones is 1. The number of hydrogen-bond acceptors (Lipinski definition) is 3. The molecule has 0 heterocycles. The first-order chi connectivity index (χ1) is 8.17. The van der Waals surface area contributed by atoms with Crippen LogP contribution in [-0.2, 0) is 11.2 Å². The summed E-state index contributed by atoms with van der Waals surface area (Å²) in [6.45, 7) is 3.41. The molecule has 1 aromatic rings. The summed E-state index contributed by atoms with van der Waals surface area (Å²) in [5.74, 6) is 0.987. The largest absolute Gasteiger partial charge is 0.496 e. The van der Waals surface area contributed by atoms with E-state index in [-0.39, 0.29) is 5.78 Å². The lowest BCUT2D eigenvalue weighted by molar-refractivity contribution is -0.117. The summed E-state index contributed by atoms with van der Waals surface area (Å²) < 4.78 is 6.02. The van der Waals surface area contributed by atoms with E-state index in [0.717, 1.165) is 28.8 Å². The van der Waals surface area contributed by atoms with Crippen molar-refractivity contribution in [3.05, 3.63) is 28.2 Å². The first-order valence-electron chi connectivity index (χ1n) is 5.72. The van der Waals surface area contributed by atoms with E-state index in [0.29, 0.717) is 13.0 Å². The van der Waals surface area contributed by atoms with Crippen LogP contribution in [0.25, 0.3) is 0 Å². The molecular weight excluding hydrogens is 282 g/mol. The smallest absolute Gasteiger partial charge is 0.150 e. The fourth-order valence-electron chi connectivity index (χ4n) is 1.51. The minimum atomic E-state index is 0.204. The van der Waals surface area contributed by atoms with Gasteiger partial charge in [0, 0.05) is 6.42 Å². The van der Waals surface area contributed by atoms with Crippen LogP contribution in [0.2, 0.25) is 0 Å². The lowest BCUT2D eigenvalue weighted by Crippen LogP contribution is -2.24. The van der Waals surface area contributed by atoms with Crippen molar-refractivity contribution in [3.8, 4) is 5.75 Å². The average Bonchev–Trinajstić information content (AvgIpc) is 2.29. The molecular formula is C13H18BrNO2. The van der Waals surface area contributed by atoms with Crippen LogP contribution in [0.15, 0.2) is 22.7 Å². The van der Waals surface area contributed by atoms with Gasteiger partial charge in [-0.05, 0) is 46.6 Å². The molecule has 0 aliphatic heterocycles. The van der Waals surface area contributed by atoms with Crippen LogP contribution in [0, 0.1) is 0 Å². The molecule has 0 radical (unpaired) electrons. The van der Waals surface area contributed by atoms with E-state index >= 15 is 0 Å². The highest BCUT2D eigenvalue weighted by molar-refractivity contribution is 9.10. The normalized spacial score (nSPS) is 10.3. The Morgan fingerprint density at radius 2 is 2.24 bits per heavy atom. The Kier molecular flexibility index (Phi) is 6.22. The van der Waals surface area contributed by atoms with Gasteiger partial charge in [0.2, 0.25) is 0 Å². The molecule has 0 aliphatic carbocycles. The van der Waals surface area contributed by atoms with Gasteiger partial charge in [-0.3, -0.25) is 4.79 Å². The van der Waals surface area contributed by atoms with Gasteiger partial charge >= 0.3 is 0 Å². The van der Waals surface area contributed by atoms with Crippen LogP contribution in [0.5, 0.6) is 5.75 Å². The Bertz CT molecular complexity index is 380. The highest BCUT2D eigenvalue weighted by atomic mass is 79.9. The molecule has 0 atom stereocenters. The lowest BCUT2D eigenvalue weighted by atomic mass is 10.1. The standard InChI is InChI=1S/C13H18BrNO2/c1-3-6-15-9-11(16)7-10-4-5-13(17-2)12(14)8-10/h4-5,8,15H,3,6-7,9H2,1-2H3. The number of hydrogen-bond donors (Lipinski definition) is 1. The monoisotopic (exact) mass is 299 g/mol. The molecule has 0 aromatic heterocycles. The van der Waals surface area contributed by atoms with Crippen LogP contribution < -0.4 is 10.1 Å². The Balaban J connectivity index is 2.51. The molecule has 0 bridgehead atoms. The fourth-order valence-corrected chi connectivity index (χ4v) is 2.10. The van der Waals surface area contributed by atoms with Gasteiger partial charge in [0.05, 0.1) is 18.1 Å². The van der Waals surface area contributed by atoms with Gasteiger partial charge in [-0.1, -0.05) is 13.0 Å². The number of nitrogens with one attached hydrogen (secondary N) is 1. The number of methoxy groups -OCH3 is 1. The predicted octanol–water partition coefficient (Wildman–Crippen LogP) is 2.57. The summed E-state index contributed by atoms with van der Waals surface area (Å²) in [6.07, 6.45) is 1.50. The third kappa shape index (κ3) is 4.88. The van der Waals surface area contributed by atoms with Crippen LogP contribution in [0.3, 0.4) is 0 Å². The van der Waals surface area contributed by atoms with Crippen LogP contribution in [-0.4, -0.2) is 26.0 Å². The summed E-state index contributed by atoms with van der Waals surface area (Å²) in [4.78, 5) is 11.6. The zero-order chi connectivity index (χ0) is 12.7. The second kappa shape index (κ2) is 7.45. The molecule has 1 N–H and O–H groups in total. The van der Waals surface area contributed by atoms with E-state index < -0.39 is 0 Å². The van der Waals surface area contributed by atoms with E-state index in [9.17, 15) is 4.79 Å². The topological polar surface area (TPSA) is 38.3 Å². The van der Waals surface area contributed by atoms with E-state index in [1.54, 1.807) is 7.11 Å². The summed E-state index contributed by atoms with van der Waals surface area (Å²) in [5.41, 5.74) is 1.00. The summed E-state index contributed by atoms with van der Waals surface area (Å²) >= 11 is 3.41. The molecule has 0 amide bonds. The number of benzene rings is 1. The Hall–Kier alpha value is -0.870. The Morgan fingerprint density at radius 3 is 2.82 bits per heavy atom. The summed E-state index contributed by atoms with van der Waals surface area (Å²) in [6, 6.07) is 5.71. The zero-order valence-corrected chi connectivity index (χ0v) is 11.8. The number of carbonyl (C=O) groups excluding carboxylic acids is 1. The van der Waals surface area contributed by atoms with Crippen molar-refractivity contribution < 1.29 is 9.53 Å². The van der Waals surface area contributed by atoms with E-state index in [4.69, 9.17) is 4.74 Å². The van der Waals surface area contributed by atoms with E-state index in [1.165, 1.54) is 0 Å². The average molecular weight is 300 g/mol. The Morgan fingerprint density at radius 1 is 1.47 bits per heavy atom. The van der Waals surface area contributed by atoms with Crippen LogP contribution in [0.1, 0.15) is 18.9 Å². The zero-order valence-electron chi connectivity index (χ0n) is 10.3. The van der Waals surface area contributed by atoms with Gasteiger partial charge in [0.15, 0.2) is 5.78 Å². The third-order valence-electron chi connectivity index (χ3n) is 2.37. The number of carbonyl (C=O) groups is 1. The van der Waals surface area contributed by atoms with Gasteiger partial charge in [-0.15, -0.1) is 0 Å². The minimum absolute atomic E-state index is 0.204. The molecule has 94 valence electrons. The molecule has 17 heavy (non-hydrogen) atoms. The van der Waals surface area contributed by atoms with Gasteiger partial charge in [-0.25, -0.2) is 0 Å². The number of halogens is 1. The molecule has 0 saturated carbocycles. The highest BCUT2D eigenvalue weighted by Crippen LogP contribution is 2.25. The van der Waals surface area contributed by atoms with E-state index in [2.05, 4.69) is 28.2 Å². The SMILES string of the molecule is CCCNCC(=O)Cc1ccc(OC)c(Br)c1. The molecule has 4 heteroatoms. The number of ether oxygens (including phenoxy) is 1. The third-order valence-corrected chi connectivity index (χ3v) is 2.99. The minimum Gasteiger partial charge on any atom is -0.496 e. The van der Waals surface area contributed by atoms with Gasteiger partial charge in [0.25, 0.3) is 0 Å². The molecule has 0 saturated heterocycles. The molecule has 0 fully saturated rings. The van der Waals surface area contributed by atoms with Gasteiger partial charge < -0.3 is 10.1 Å². The summed E-state index contributed by atoms with van der Waals surface area (Å²) in [5, 5.41) is 3.11. The molecule has 1 aromatic carbocycles. The summed E-state index contributed by atoms with van der Waals surface area (Å²) in [7, 11) is 1.62. The van der Waals surface area contributed by atoms with Gasteiger partial charge in [-0.2, -0.15) is 0 Å². The maximum atomic E-state index is 11.6.